The van der Waals surface area contributed by atoms with Gasteiger partial charge in [-0.2, -0.15) is 0 Å². The first-order valence-electron chi connectivity index (χ1n) is 6.88. The van der Waals surface area contributed by atoms with Crippen LogP contribution in [0.3, 0.4) is 0 Å². The summed E-state index contributed by atoms with van der Waals surface area (Å²) in [5.41, 5.74) is -0.416. The van der Waals surface area contributed by atoms with E-state index < -0.39 is 5.60 Å². The summed E-state index contributed by atoms with van der Waals surface area (Å²) in [5.74, 6) is 0. The van der Waals surface area contributed by atoms with Gasteiger partial charge in [0.05, 0.1) is 6.04 Å². The number of likely N-dealkylation sites (N-methyl/N-ethyl adjacent to an activating group) is 1. The molecule has 1 heterocycles. The van der Waals surface area contributed by atoms with Crippen molar-refractivity contribution in [2.45, 2.75) is 64.6 Å². The maximum atomic E-state index is 12.2. The van der Waals surface area contributed by atoms with Crippen LogP contribution in [0.2, 0.25) is 0 Å². The van der Waals surface area contributed by atoms with Gasteiger partial charge in [-0.1, -0.05) is 0 Å². The van der Waals surface area contributed by atoms with E-state index in [4.69, 9.17) is 4.74 Å². The highest BCUT2D eigenvalue weighted by Crippen LogP contribution is 2.24. The van der Waals surface area contributed by atoms with E-state index in [1.54, 1.807) is 0 Å². The lowest BCUT2D eigenvalue weighted by Crippen LogP contribution is -2.53. The highest BCUT2D eigenvalue weighted by Gasteiger charge is 2.34. The van der Waals surface area contributed by atoms with Gasteiger partial charge < -0.3 is 14.5 Å². The van der Waals surface area contributed by atoms with Crippen LogP contribution in [0.15, 0.2) is 0 Å². The summed E-state index contributed by atoms with van der Waals surface area (Å²) in [6.07, 6.45) is 3.18. The Bertz CT molecular complexity index is 284. The van der Waals surface area contributed by atoms with Crippen molar-refractivity contribution >= 4 is 6.09 Å². The quantitative estimate of drug-likeness (QED) is 0.761. The van der Waals surface area contributed by atoms with E-state index in [0.717, 1.165) is 19.4 Å². The molecule has 1 saturated heterocycles. The van der Waals surface area contributed by atoms with Crippen LogP contribution in [0.4, 0.5) is 4.79 Å². The van der Waals surface area contributed by atoms with E-state index in [1.807, 2.05) is 25.7 Å². The lowest BCUT2D eigenvalue weighted by Gasteiger charge is -2.41. The van der Waals surface area contributed by atoms with E-state index in [9.17, 15) is 4.79 Å². The summed E-state index contributed by atoms with van der Waals surface area (Å²) in [6, 6.07) is 0.626. The van der Waals surface area contributed by atoms with Gasteiger partial charge in [0.25, 0.3) is 0 Å². The average molecular weight is 256 g/mol. The molecule has 2 atom stereocenters. The summed E-state index contributed by atoms with van der Waals surface area (Å²) in [6.45, 7) is 8.74. The van der Waals surface area contributed by atoms with E-state index in [1.165, 1.54) is 6.42 Å². The molecule has 0 saturated carbocycles. The van der Waals surface area contributed by atoms with Crippen LogP contribution in [0, 0.1) is 0 Å². The van der Waals surface area contributed by atoms with Crippen molar-refractivity contribution in [3.8, 4) is 0 Å². The first-order valence-corrected chi connectivity index (χ1v) is 6.88. The van der Waals surface area contributed by atoms with Crippen LogP contribution >= 0.6 is 0 Å². The fraction of sp³-hybridized carbons (Fsp3) is 0.929. The number of likely N-dealkylation sites (tertiary alicyclic amines) is 1. The van der Waals surface area contributed by atoms with Crippen molar-refractivity contribution in [2.24, 2.45) is 0 Å². The minimum Gasteiger partial charge on any atom is -0.444 e. The lowest BCUT2D eigenvalue weighted by atomic mass is 9.96. The van der Waals surface area contributed by atoms with Gasteiger partial charge in [0.1, 0.15) is 5.60 Å². The SMILES string of the molecule is C[C@H]([C@@H]1CCCCN1C(=O)OC(C)(C)C)N(C)C. The molecule has 0 aromatic carbocycles. The monoisotopic (exact) mass is 256 g/mol. The smallest absolute Gasteiger partial charge is 0.410 e. The van der Waals surface area contributed by atoms with Crippen LogP contribution < -0.4 is 0 Å². The van der Waals surface area contributed by atoms with Gasteiger partial charge in [0.15, 0.2) is 0 Å². The highest BCUT2D eigenvalue weighted by atomic mass is 16.6. The molecule has 1 aliphatic rings. The Labute approximate surface area is 111 Å². The largest absolute Gasteiger partial charge is 0.444 e. The maximum absolute atomic E-state index is 12.2. The molecule has 106 valence electrons. The standard InChI is InChI=1S/C14H28N2O2/c1-11(15(5)6)12-9-7-8-10-16(12)13(17)18-14(2,3)4/h11-12H,7-10H2,1-6H3/t11-,12+/m1/s1. The van der Waals surface area contributed by atoms with Crippen molar-refractivity contribution in [1.29, 1.82) is 0 Å². The van der Waals surface area contributed by atoms with Crippen molar-refractivity contribution in [3.63, 3.8) is 0 Å². The van der Waals surface area contributed by atoms with Crippen molar-refractivity contribution < 1.29 is 9.53 Å². The lowest BCUT2D eigenvalue weighted by molar-refractivity contribution is -0.000424. The summed E-state index contributed by atoms with van der Waals surface area (Å²) < 4.78 is 5.51. The predicted octanol–water partition coefficient (Wildman–Crippen LogP) is 2.73. The number of hydrogen-bond donors (Lipinski definition) is 0. The molecule has 18 heavy (non-hydrogen) atoms. The number of hydrogen-bond acceptors (Lipinski definition) is 3. The highest BCUT2D eigenvalue weighted by molar-refractivity contribution is 5.68. The van der Waals surface area contributed by atoms with Crippen LogP contribution in [-0.2, 0) is 4.74 Å². The van der Waals surface area contributed by atoms with E-state index in [-0.39, 0.29) is 12.1 Å². The Morgan fingerprint density at radius 3 is 2.44 bits per heavy atom. The number of piperidine rings is 1. The number of carbonyl (C=O) groups excluding carboxylic acids is 1. The van der Waals surface area contributed by atoms with E-state index in [0.29, 0.717) is 6.04 Å². The van der Waals surface area contributed by atoms with E-state index in [2.05, 4.69) is 25.9 Å². The predicted molar refractivity (Wildman–Crippen MR) is 73.7 cm³/mol. The van der Waals surface area contributed by atoms with Gasteiger partial charge >= 0.3 is 6.09 Å². The second-order valence-electron chi connectivity index (χ2n) is 6.44. The molecule has 0 unspecified atom stereocenters. The molecule has 1 aliphatic heterocycles. The van der Waals surface area contributed by atoms with Crippen LogP contribution in [0.1, 0.15) is 47.0 Å². The van der Waals surface area contributed by atoms with Gasteiger partial charge in [0, 0.05) is 12.6 Å². The fourth-order valence-corrected chi connectivity index (χ4v) is 2.35. The van der Waals surface area contributed by atoms with E-state index >= 15 is 0 Å². The van der Waals surface area contributed by atoms with Crippen LogP contribution in [0.25, 0.3) is 0 Å². The molecule has 0 bridgehead atoms. The molecule has 1 rings (SSSR count). The molecule has 0 aromatic rings. The summed E-state index contributed by atoms with van der Waals surface area (Å²) in [4.78, 5) is 16.3. The minimum atomic E-state index is -0.416. The molecule has 0 aliphatic carbocycles. The Morgan fingerprint density at radius 2 is 1.94 bits per heavy atom. The van der Waals surface area contributed by atoms with Gasteiger partial charge in [-0.15, -0.1) is 0 Å². The molecule has 4 heteroatoms. The maximum Gasteiger partial charge on any atom is 0.410 e. The number of rotatable bonds is 2. The Hall–Kier alpha value is -0.770. The van der Waals surface area contributed by atoms with Crippen LogP contribution in [0.5, 0.6) is 0 Å². The minimum absolute atomic E-state index is 0.166. The zero-order valence-electron chi connectivity index (χ0n) is 12.7. The molecule has 1 amide bonds. The Morgan fingerprint density at radius 1 is 1.33 bits per heavy atom. The topological polar surface area (TPSA) is 32.8 Å². The molecule has 0 aromatic heterocycles. The molecular formula is C14H28N2O2. The van der Waals surface area contributed by atoms with Crippen molar-refractivity contribution in [3.05, 3.63) is 0 Å². The van der Waals surface area contributed by atoms with Gasteiger partial charge in [0.2, 0.25) is 0 Å². The number of ether oxygens (including phenoxy) is 1. The van der Waals surface area contributed by atoms with Crippen molar-refractivity contribution in [2.75, 3.05) is 20.6 Å². The third-order valence-electron chi connectivity index (χ3n) is 3.55. The molecular weight excluding hydrogens is 228 g/mol. The first kappa shape index (κ1) is 15.3. The first-order chi connectivity index (χ1) is 8.22. The van der Waals surface area contributed by atoms with Crippen molar-refractivity contribution in [1.82, 2.24) is 9.80 Å². The summed E-state index contributed by atoms with van der Waals surface area (Å²) >= 11 is 0. The van der Waals surface area contributed by atoms with Gasteiger partial charge in [-0.25, -0.2) is 4.79 Å². The second-order valence-corrected chi connectivity index (χ2v) is 6.44. The Balaban J connectivity index is 2.73. The number of carbonyl (C=O) groups is 1. The van der Waals surface area contributed by atoms with Crippen LogP contribution in [-0.4, -0.2) is 54.2 Å². The molecule has 0 spiro atoms. The molecule has 1 fully saturated rings. The third-order valence-corrected chi connectivity index (χ3v) is 3.55. The van der Waals surface area contributed by atoms with Gasteiger partial charge in [-0.3, -0.25) is 0 Å². The Kier molecular flexibility index (Phi) is 5.02. The third kappa shape index (κ3) is 4.16. The molecule has 0 N–H and O–H groups in total. The molecule has 0 radical (unpaired) electrons. The normalized spacial score (nSPS) is 23.1. The summed E-state index contributed by atoms with van der Waals surface area (Å²) in [5, 5.41) is 0. The summed E-state index contributed by atoms with van der Waals surface area (Å²) in [7, 11) is 4.12. The molecule has 4 nitrogen and oxygen atoms in total. The number of nitrogens with zero attached hydrogens (tertiary/aromatic N) is 2. The zero-order chi connectivity index (χ0) is 13.9. The number of amides is 1. The second kappa shape index (κ2) is 5.91. The average Bonchev–Trinajstić information content (AvgIpc) is 2.25. The van der Waals surface area contributed by atoms with Gasteiger partial charge in [-0.05, 0) is 61.1 Å². The fourth-order valence-electron chi connectivity index (χ4n) is 2.35. The zero-order valence-corrected chi connectivity index (χ0v) is 12.7.